The normalized spacial score (nSPS) is 11.8. The molecule has 1 heterocycles. The molecule has 1 aromatic heterocycles. The molecular weight excluding hydrogens is 140 g/mol. The number of allylic oxidation sites excluding steroid dienone is 1. The Morgan fingerprint density at radius 2 is 2.36 bits per heavy atom. The van der Waals surface area contributed by atoms with Gasteiger partial charge in [-0.3, -0.25) is 0 Å². The summed E-state index contributed by atoms with van der Waals surface area (Å²) in [5, 5.41) is 0. The Balaban J connectivity index is 2.95. The Labute approximate surface area is 65.5 Å². The predicted molar refractivity (Wildman–Crippen MR) is 45.0 cm³/mol. The lowest BCUT2D eigenvalue weighted by Crippen LogP contribution is -1.69. The largest absolute Gasteiger partial charge is 0.425 e. The van der Waals surface area contributed by atoms with E-state index in [2.05, 4.69) is 9.98 Å². The van der Waals surface area contributed by atoms with Crippen molar-refractivity contribution in [2.24, 2.45) is 4.99 Å². The zero-order valence-corrected chi connectivity index (χ0v) is 6.61. The van der Waals surface area contributed by atoms with E-state index in [9.17, 15) is 0 Å². The van der Waals surface area contributed by atoms with Crippen molar-refractivity contribution in [3.8, 4) is 0 Å². The molecule has 0 unspecified atom stereocenters. The van der Waals surface area contributed by atoms with Crippen LogP contribution in [0.2, 0.25) is 0 Å². The van der Waals surface area contributed by atoms with E-state index in [1.54, 1.807) is 6.21 Å². The van der Waals surface area contributed by atoms with Crippen molar-refractivity contribution in [2.75, 3.05) is 0 Å². The number of aromatic nitrogens is 1. The van der Waals surface area contributed by atoms with Crippen molar-refractivity contribution in [1.82, 2.24) is 4.98 Å². The summed E-state index contributed by atoms with van der Waals surface area (Å²) in [6.07, 6.45) is 6.81. The zero-order valence-electron chi connectivity index (χ0n) is 6.61. The van der Waals surface area contributed by atoms with Gasteiger partial charge in [-0.25, -0.2) is 9.98 Å². The summed E-state index contributed by atoms with van der Waals surface area (Å²) in [5.74, 6) is 0.561. The molecule has 0 spiro atoms. The molecule has 0 aliphatic carbocycles. The maximum Gasteiger partial charge on any atom is 0.246 e. The maximum atomic E-state index is 5.00. The molecule has 0 N–H and O–H groups in total. The lowest BCUT2D eigenvalue weighted by atomic mass is 10.4. The van der Waals surface area contributed by atoms with Crippen LogP contribution in [-0.2, 0) is 0 Å². The lowest BCUT2D eigenvalue weighted by Gasteiger charge is -1.84. The molecule has 0 fully saturated rings. The van der Waals surface area contributed by atoms with Crippen molar-refractivity contribution in [3.63, 3.8) is 0 Å². The first-order valence-electron chi connectivity index (χ1n) is 3.43. The van der Waals surface area contributed by atoms with E-state index < -0.39 is 0 Å². The van der Waals surface area contributed by atoms with Gasteiger partial charge in [-0.15, -0.1) is 0 Å². The first-order valence-corrected chi connectivity index (χ1v) is 3.43. The van der Waals surface area contributed by atoms with Crippen LogP contribution >= 0.6 is 0 Å². The minimum atomic E-state index is 0.561. The SMILES string of the molecule is C/C=C\c1ncoc1/N=C\C. The van der Waals surface area contributed by atoms with Gasteiger partial charge in [0, 0.05) is 6.21 Å². The van der Waals surface area contributed by atoms with Gasteiger partial charge >= 0.3 is 0 Å². The van der Waals surface area contributed by atoms with Crippen molar-refractivity contribution in [2.45, 2.75) is 13.8 Å². The molecule has 1 rings (SSSR count). The minimum absolute atomic E-state index is 0.561. The summed E-state index contributed by atoms with van der Waals surface area (Å²) in [5.41, 5.74) is 0.769. The molecule has 58 valence electrons. The van der Waals surface area contributed by atoms with Crippen molar-refractivity contribution < 1.29 is 4.42 Å². The van der Waals surface area contributed by atoms with Gasteiger partial charge in [-0.2, -0.15) is 0 Å². The van der Waals surface area contributed by atoms with E-state index >= 15 is 0 Å². The second-order valence-corrected chi connectivity index (χ2v) is 1.93. The second-order valence-electron chi connectivity index (χ2n) is 1.93. The fraction of sp³-hybridized carbons (Fsp3) is 0.250. The Hall–Kier alpha value is -1.38. The number of nitrogens with zero attached hydrogens (tertiary/aromatic N) is 2. The Morgan fingerprint density at radius 3 is 3.00 bits per heavy atom. The monoisotopic (exact) mass is 150 g/mol. The molecule has 0 saturated carbocycles. The molecule has 3 nitrogen and oxygen atoms in total. The number of hydrogen-bond acceptors (Lipinski definition) is 3. The Kier molecular flexibility index (Phi) is 2.60. The third-order valence-corrected chi connectivity index (χ3v) is 1.15. The number of oxazole rings is 1. The Bertz CT molecular complexity index is 247. The zero-order chi connectivity index (χ0) is 8.10. The smallest absolute Gasteiger partial charge is 0.246 e. The highest BCUT2D eigenvalue weighted by atomic mass is 16.4. The molecule has 0 radical (unpaired) electrons. The van der Waals surface area contributed by atoms with Crippen molar-refractivity contribution >= 4 is 18.2 Å². The molecule has 3 heteroatoms. The van der Waals surface area contributed by atoms with Gasteiger partial charge in [0.15, 0.2) is 6.39 Å². The van der Waals surface area contributed by atoms with Gasteiger partial charge < -0.3 is 4.42 Å². The van der Waals surface area contributed by atoms with Crippen LogP contribution in [0.3, 0.4) is 0 Å². The molecular formula is C8H10N2O. The third kappa shape index (κ3) is 1.77. The fourth-order valence-electron chi connectivity index (χ4n) is 0.735. The number of aliphatic imine (C=N–C) groups is 1. The molecule has 0 amide bonds. The fourth-order valence-corrected chi connectivity index (χ4v) is 0.735. The maximum absolute atomic E-state index is 5.00. The van der Waals surface area contributed by atoms with Crippen molar-refractivity contribution in [3.05, 3.63) is 18.2 Å². The molecule has 0 aromatic carbocycles. The average molecular weight is 150 g/mol. The topological polar surface area (TPSA) is 38.4 Å². The highest BCUT2D eigenvalue weighted by molar-refractivity contribution is 5.63. The van der Waals surface area contributed by atoms with Crippen LogP contribution in [0, 0.1) is 0 Å². The number of hydrogen-bond donors (Lipinski definition) is 0. The quantitative estimate of drug-likeness (QED) is 0.607. The van der Waals surface area contributed by atoms with Crippen LogP contribution in [-0.4, -0.2) is 11.2 Å². The Morgan fingerprint density at radius 1 is 1.55 bits per heavy atom. The highest BCUT2D eigenvalue weighted by Crippen LogP contribution is 2.17. The first kappa shape index (κ1) is 7.72. The summed E-state index contributed by atoms with van der Waals surface area (Å²) in [7, 11) is 0. The minimum Gasteiger partial charge on any atom is -0.425 e. The lowest BCUT2D eigenvalue weighted by molar-refractivity contribution is 0.568. The summed E-state index contributed by atoms with van der Waals surface area (Å²) in [6.45, 7) is 3.76. The molecule has 0 saturated heterocycles. The van der Waals surface area contributed by atoms with E-state index in [1.165, 1.54) is 6.39 Å². The molecule has 1 aromatic rings. The van der Waals surface area contributed by atoms with Crippen LogP contribution in [0.15, 0.2) is 21.9 Å². The standard InChI is InChI=1S/C8H10N2O/c1-3-5-7-8(9-4-2)11-6-10-7/h3-6H,1-2H3/b5-3-,9-4-. The molecule has 0 aliphatic heterocycles. The highest BCUT2D eigenvalue weighted by Gasteiger charge is 1.99. The van der Waals surface area contributed by atoms with E-state index in [0.29, 0.717) is 5.88 Å². The second kappa shape index (κ2) is 3.71. The van der Waals surface area contributed by atoms with E-state index in [0.717, 1.165) is 5.69 Å². The molecule has 0 aliphatic rings. The summed E-state index contributed by atoms with van der Waals surface area (Å²) in [4.78, 5) is 7.94. The van der Waals surface area contributed by atoms with E-state index in [1.807, 2.05) is 26.0 Å². The average Bonchev–Trinajstić information content (AvgIpc) is 2.39. The van der Waals surface area contributed by atoms with Gasteiger partial charge in [0.05, 0.1) is 0 Å². The van der Waals surface area contributed by atoms with Gasteiger partial charge in [0.1, 0.15) is 5.69 Å². The van der Waals surface area contributed by atoms with Crippen molar-refractivity contribution in [1.29, 1.82) is 0 Å². The predicted octanol–water partition coefficient (Wildman–Crippen LogP) is 2.43. The van der Waals surface area contributed by atoms with E-state index in [4.69, 9.17) is 4.42 Å². The summed E-state index contributed by atoms with van der Waals surface area (Å²) < 4.78 is 5.00. The van der Waals surface area contributed by atoms with E-state index in [-0.39, 0.29) is 0 Å². The van der Waals surface area contributed by atoms with Crippen LogP contribution < -0.4 is 0 Å². The summed E-state index contributed by atoms with van der Waals surface area (Å²) >= 11 is 0. The number of rotatable bonds is 2. The van der Waals surface area contributed by atoms with Crippen LogP contribution in [0.1, 0.15) is 19.5 Å². The van der Waals surface area contributed by atoms with Crippen LogP contribution in [0.25, 0.3) is 6.08 Å². The van der Waals surface area contributed by atoms with Crippen LogP contribution in [0.4, 0.5) is 5.88 Å². The van der Waals surface area contributed by atoms with Gasteiger partial charge in [-0.1, -0.05) is 6.08 Å². The molecule has 0 atom stereocenters. The first-order chi connectivity index (χ1) is 5.38. The summed E-state index contributed by atoms with van der Waals surface area (Å²) in [6, 6.07) is 0. The third-order valence-electron chi connectivity index (χ3n) is 1.15. The van der Waals surface area contributed by atoms with Gasteiger partial charge in [-0.05, 0) is 19.9 Å². The van der Waals surface area contributed by atoms with Crippen LogP contribution in [0.5, 0.6) is 0 Å². The van der Waals surface area contributed by atoms with Gasteiger partial charge in [0.2, 0.25) is 5.88 Å². The molecule has 0 bridgehead atoms. The van der Waals surface area contributed by atoms with Gasteiger partial charge in [0.25, 0.3) is 0 Å². The molecule has 11 heavy (non-hydrogen) atoms.